The average Bonchev–Trinajstić information content (AvgIpc) is 3.70. The lowest BCUT2D eigenvalue weighted by molar-refractivity contribution is -0.220. The summed E-state index contributed by atoms with van der Waals surface area (Å²) >= 11 is 0. The summed E-state index contributed by atoms with van der Waals surface area (Å²) in [6.45, 7) is -0.363. The monoisotopic (exact) mass is 494 g/mol. The summed E-state index contributed by atoms with van der Waals surface area (Å²) in [7, 11) is 1.52. The lowest BCUT2D eigenvalue weighted by atomic mass is 10.1. The van der Waals surface area contributed by atoms with Gasteiger partial charge in [-0.05, 0) is 42.0 Å². The van der Waals surface area contributed by atoms with Crippen LogP contribution < -0.4 is 9.47 Å². The largest absolute Gasteiger partial charge is 0.497 e. The molecule has 1 amide bonds. The van der Waals surface area contributed by atoms with E-state index in [4.69, 9.17) is 18.9 Å². The van der Waals surface area contributed by atoms with Crippen molar-refractivity contribution in [2.24, 2.45) is 0 Å². The molecule has 7 nitrogen and oxygen atoms in total. The number of pyridine rings is 1. The Bertz CT molecular complexity index is 957. The van der Waals surface area contributed by atoms with Crippen LogP contribution in [0.5, 0.6) is 11.6 Å². The highest BCUT2D eigenvalue weighted by Crippen LogP contribution is 2.40. The van der Waals surface area contributed by atoms with E-state index in [0.29, 0.717) is 36.0 Å². The van der Waals surface area contributed by atoms with Gasteiger partial charge in [0, 0.05) is 38.2 Å². The summed E-state index contributed by atoms with van der Waals surface area (Å²) in [5, 5.41) is 0. The highest BCUT2D eigenvalue weighted by molar-refractivity contribution is 5.68. The molecule has 1 saturated heterocycles. The topological polar surface area (TPSA) is 70.1 Å². The average molecular weight is 495 g/mol. The maximum Gasteiger partial charge on any atom is 0.427 e. The SMILES string of the molecule is COc1ccc(COCC(OC(=O)N2CCC(Oc3ccc(C4CC4)cn3)CC2)C(F)(F)F)cc1. The van der Waals surface area contributed by atoms with Crippen LogP contribution in [0.1, 0.15) is 42.7 Å². The smallest absolute Gasteiger partial charge is 0.427 e. The molecule has 0 radical (unpaired) electrons. The summed E-state index contributed by atoms with van der Waals surface area (Å²) < 4.78 is 61.2. The second-order valence-corrected chi connectivity index (χ2v) is 8.79. The molecule has 35 heavy (non-hydrogen) atoms. The van der Waals surface area contributed by atoms with Crippen LogP contribution in [0.25, 0.3) is 0 Å². The fourth-order valence-corrected chi connectivity index (χ4v) is 3.84. The number of piperidine rings is 1. The zero-order chi connectivity index (χ0) is 24.8. The van der Waals surface area contributed by atoms with Crippen LogP contribution in [0.15, 0.2) is 42.6 Å². The van der Waals surface area contributed by atoms with Crippen molar-refractivity contribution in [1.29, 1.82) is 0 Å². The molecular formula is C25H29F3N2O5. The highest BCUT2D eigenvalue weighted by Gasteiger charge is 2.44. The number of halogens is 3. The van der Waals surface area contributed by atoms with Crippen LogP contribution in [0.2, 0.25) is 0 Å². The van der Waals surface area contributed by atoms with E-state index in [0.717, 1.165) is 0 Å². The Morgan fingerprint density at radius 1 is 1.09 bits per heavy atom. The van der Waals surface area contributed by atoms with Gasteiger partial charge in [-0.2, -0.15) is 13.2 Å². The fraction of sp³-hybridized carbons (Fsp3) is 0.520. The van der Waals surface area contributed by atoms with E-state index in [1.807, 2.05) is 18.3 Å². The molecule has 2 aromatic rings. The van der Waals surface area contributed by atoms with Gasteiger partial charge in [-0.1, -0.05) is 18.2 Å². The summed E-state index contributed by atoms with van der Waals surface area (Å²) in [4.78, 5) is 18.0. The minimum Gasteiger partial charge on any atom is -0.497 e. The second-order valence-electron chi connectivity index (χ2n) is 8.79. The quantitative estimate of drug-likeness (QED) is 0.484. The summed E-state index contributed by atoms with van der Waals surface area (Å²) in [5.74, 6) is 1.76. The number of ether oxygens (including phenoxy) is 4. The van der Waals surface area contributed by atoms with Crippen molar-refractivity contribution in [2.75, 3.05) is 26.8 Å². The first-order valence-corrected chi connectivity index (χ1v) is 11.7. The summed E-state index contributed by atoms with van der Waals surface area (Å²) in [6.07, 6.45) is -3.09. The standard InChI is InChI=1S/C25H29F3N2O5/c1-32-20-7-2-17(3-8-20)15-33-16-22(25(26,27)28)35-24(31)30-12-10-21(11-13-30)34-23-9-6-19(14-29-23)18-4-5-18/h2-3,6-9,14,18,21-22H,4-5,10-13,15-16H2,1H3. The Morgan fingerprint density at radius 2 is 1.80 bits per heavy atom. The Labute approximate surface area is 202 Å². The van der Waals surface area contributed by atoms with Gasteiger partial charge in [0.1, 0.15) is 11.9 Å². The minimum atomic E-state index is -4.74. The van der Waals surface area contributed by atoms with Crippen molar-refractivity contribution in [2.45, 2.75) is 56.6 Å². The fourth-order valence-electron chi connectivity index (χ4n) is 3.84. The van der Waals surface area contributed by atoms with E-state index in [1.165, 1.54) is 30.4 Å². The number of hydrogen-bond donors (Lipinski definition) is 0. The van der Waals surface area contributed by atoms with Crippen molar-refractivity contribution in [3.05, 3.63) is 53.7 Å². The third-order valence-corrected chi connectivity index (χ3v) is 6.10. The number of aromatic nitrogens is 1. The van der Waals surface area contributed by atoms with Crippen LogP contribution in [-0.4, -0.2) is 61.2 Å². The first-order chi connectivity index (χ1) is 16.8. The molecule has 0 bridgehead atoms. The number of nitrogens with zero attached hydrogens (tertiary/aromatic N) is 2. The minimum absolute atomic E-state index is 0.0491. The number of carbonyl (C=O) groups is 1. The third kappa shape index (κ3) is 7.24. The van der Waals surface area contributed by atoms with Crippen LogP contribution in [0.3, 0.4) is 0 Å². The molecule has 10 heteroatoms. The molecule has 0 N–H and O–H groups in total. The number of hydrogen-bond acceptors (Lipinski definition) is 6. The summed E-state index contributed by atoms with van der Waals surface area (Å²) in [6, 6.07) is 10.6. The lowest BCUT2D eigenvalue weighted by Crippen LogP contribution is -2.46. The van der Waals surface area contributed by atoms with Gasteiger partial charge in [0.15, 0.2) is 0 Å². The Kier molecular flexibility index (Phi) is 8.00. The van der Waals surface area contributed by atoms with Crippen LogP contribution in [0, 0.1) is 0 Å². The van der Waals surface area contributed by atoms with E-state index in [2.05, 4.69) is 4.98 Å². The van der Waals surface area contributed by atoms with E-state index in [-0.39, 0.29) is 25.8 Å². The van der Waals surface area contributed by atoms with Gasteiger partial charge in [0.2, 0.25) is 12.0 Å². The van der Waals surface area contributed by atoms with Crippen LogP contribution in [0.4, 0.5) is 18.0 Å². The molecule has 1 aromatic carbocycles. The number of amides is 1. The first kappa shape index (κ1) is 25.1. The van der Waals surface area contributed by atoms with Crippen LogP contribution in [-0.2, 0) is 16.1 Å². The van der Waals surface area contributed by atoms with Crippen molar-refractivity contribution >= 4 is 6.09 Å². The molecule has 1 aliphatic heterocycles. The molecule has 2 heterocycles. The van der Waals surface area contributed by atoms with Gasteiger partial charge in [0.05, 0.1) is 20.3 Å². The summed E-state index contributed by atoms with van der Waals surface area (Å²) in [5.41, 5.74) is 1.89. The van der Waals surface area contributed by atoms with E-state index in [1.54, 1.807) is 24.3 Å². The Hall–Kier alpha value is -3.01. The molecular weight excluding hydrogens is 465 g/mol. The molecule has 4 rings (SSSR count). The molecule has 1 atom stereocenters. The van der Waals surface area contributed by atoms with Gasteiger partial charge >= 0.3 is 12.3 Å². The normalized spacial score (nSPS) is 17.7. The maximum absolute atomic E-state index is 13.4. The molecule has 0 spiro atoms. The van der Waals surface area contributed by atoms with E-state index >= 15 is 0 Å². The maximum atomic E-state index is 13.4. The van der Waals surface area contributed by atoms with Crippen molar-refractivity contribution in [1.82, 2.24) is 9.88 Å². The molecule has 1 saturated carbocycles. The second kappa shape index (κ2) is 11.2. The molecule has 2 fully saturated rings. The first-order valence-electron chi connectivity index (χ1n) is 11.7. The number of carbonyl (C=O) groups excluding carboxylic acids is 1. The molecule has 190 valence electrons. The Morgan fingerprint density at radius 3 is 2.37 bits per heavy atom. The number of rotatable bonds is 9. The number of alkyl halides is 3. The number of methoxy groups -OCH3 is 1. The zero-order valence-corrected chi connectivity index (χ0v) is 19.5. The number of likely N-dealkylation sites (tertiary alicyclic amines) is 1. The van der Waals surface area contributed by atoms with E-state index < -0.39 is 25.0 Å². The van der Waals surface area contributed by atoms with E-state index in [9.17, 15) is 18.0 Å². The Balaban J connectivity index is 1.21. The lowest BCUT2D eigenvalue weighted by Gasteiger charge is -2.32. The van der Waals surface area contributed by atoms with Crippen molar-refractivity contribution in [3.63, 3.8) is 0 Å². The van der Waals surface area contributed by atoms with Crippen molar-refractivity contribution < 1.29 is 36.9 Å². The predicted octanol–water partition coefficient (Wildman–Crippen LogP) is 5.10. The van der Waals surface area contributed by atoms with Crippen molar-refractivity contribution in [3.8, 4) is 11.6 Å². The number of benzene rings is 1. The van der Waals surface area contributed by atoms with Gasteiger partial charge < -0.3 is 23.8 Å². The highest BCUT2D eigenvalue weighted by atomic mass is 19.4. The van der Waals surface area contributed by atoms with Crippen LogP contribution >= 0.6 is 0 Å². The molecule has 1 aliphatic carbocycles. The van der Waals surface area contributed by atoms with Gasteiger partial charge in [-0.15, -0.1) is 0 Å². The zero-order valence-electron chi connectivity index (χ0n) is 19.5. The van der Waals surface area contributed by atoms with Gasteiger partial charge in [0.25, 0.3) is 0 Å². The van der Waals surface area contributed by atoms with Gasteiger partial charge in [-0.25, -0.2) is 9.78 Å². The van der Waals surface area contributed by atoms with Gasteiger partial charge in [-0.3, -0.25) is 0 Å². The molecule has 1 aromatic heterocycles. The molecule has 2 aliphatic rings. The molecule has 1 unspecified atom stereocenters. The predicted molar refractivity (Wildman–Crippen MR) is 120 cm³/mol. The third-order valence-electron chi connectivity index (χ3n) is 6.10.